The summed E-state index contributed by atoms with van der Waals surface area (Å²) in [5.41, 5.74) is 0. The quantitative estimate of drug-likeness (QED) is 0.822. The van der Waals surface area contributed by atoms with E-state index >= 15 is 0 Å². The molecule has 0 bridgehead atoms. The Kier molecular flexibility index (Phi) is 4.11. The average molecular weight is 229 g/mol. The van der Waals surface area contributed by atoms with Crippen LogP contribution in [0.4, 0.5) is 4.79 Å². The third-order valence-corrected chi connectivity index (χ3v) is 2.55. The fourth-order valence-electron chi connectivity index (χ4n) is 1.00. The molecule has 0 fully saturated rings. The molecule has 0 aromatic carbocycles. The number of carbonyl (C=O) groups excluding carboxylic acids is 1. The number of ether oxygens (including phenoxy) is 1. The van der Waals surface area contributed by atoms with Gasteiger partial charge in [0.25, 0.3) is 0 Å². The molecule has 0 aliphatic carbocycles. The number of amides is 1. The molecule has 0 saturated carbocycles. The van der Waals surface area contributed by atoms with Crippen molar-refractivity contribution in [3.8, 4) is 0 Å². The highest BCUT2D eigenvalue weighted by Crippen LogP contribution is 2.19. The highest BCUT2D eigenvalue weighted by Gasteiger charge is 2.23. The van der Waals surface area contributed by atoms with Gasteiger partial charge in [0, 0.05) is 4.88 Å². The lowest BCUT2D eigenvalue weighted by molar-refractivity contribution is -0.139. The van der Waals surface area contributed by atoms with Crippen molar-refractivity contribution in [2.24, 2.45) is 0 Å². The van der Waals surface area contributed by atoms with Crippen molar-refractivity contribution in [2.75, 3.05) is 6.61 Å². The van der Waals surface area contributed by atoms with E-state index in [1.165, 1.54) is 11.3 Å². The van der Waals surface area contributed by atoms with Gasteiger partial charge in [-0.15, -0.1) is 11.3 Å². The summed E-state index contributed by atoms with van der Waals surface area (Å²) in [5, 5.41) is 12.9. The van der Waals surface area contributed by atoms with Gasteiger partial charge in [0.1, 0.15) is 0 Å². The number of nitrogens with one attached hydrogen (secondary N) is 1. The lowest BCUT2D eigenvalue weighted by atomic mass is 10.2. The second-order valence-corrected chi connectivity index (χ2v) is 3.63. The summed E-state index contributed by atoms with van der Waals surface area (Å²) in [6.45, 7) is 1.86. The van der Waals surface area contributed by atoms with Crippen molar-refractivity contribution in [3.05, 3.63) is 22.4 Å². The van der Waals surface area contributed by atoms with Gasteiger partial charge in [-0.3, -0.25) is 0 Å². The summed E-state index contributed by atoms with van der Waals surface area (Å²) in [5.74, 6) is -1.11. The first-order valence-corrected chi connectivity index (χ1v) is 5.22. The van der Waals surface area contributed by atoms with E-state index in [1.807, 2.05) is 0 Å². The van der Waals surface area contributed by atoms with Gasteiger partial charge in [0.2, 0.25) is 0 Å². The number of hydrogen-bond donors (Lipinski definition) is 2. The zero-order chi connectivity index (χ0) is 11.3. The van der Waals surface area contributed by atoms with Gasteiger partial charge in [-0.1, -0.05) is 6.07 Å². The van der Waals surface area contributed by atoms with Crippen LogP contribution >= 0.6 is 11.3 Å². The van der Waals surface area contributed by atoms with Gasteiger partial charge in [0.05, 0.1) is 6.61 Å². The Hall–Kier alpha value is -1.56. The van der Waals surface area contributed by atoms with Crippen molar-refractivity contribution >= 4 is 23.4 Å². The smallest absolute Gasteiger partial charge is 0.408 e. The molecule has 0 aliphatic heterocycles. The third-order valence-electron chi connectivity index (χ3n) is 1.61. The molecule has 1 unspecified atom stereocenters. The monoisotopic (exact) mass is 229 g/mol. The maximum Gasteiger partial charge on any atom is 0.408 e. The number of alkyl carbamates (subject to hydrolysis) is 1. The standard InChI is InChI=1S/C9H11NO4S/c1-2-14-9(13)10-7(8(11)12)6-4-3-5-15-6/h3-5,7H,2H2,1H3,(H,10,13)(H,11,12). The van der Waals surface area contributed by atoms with Gasteiger partial charge in [-0.05, 0) is 18.4 Å². The van der Waals surface area contributed by atoms with E-state index in [-0.39, 0.29) is 6.61 Å². The number of carboxylic acid groups (broad SMARTS) is 1. The molecule has 0 spiro atoms. The molecule has 1 aromatic rings. The maximum atomic E-state index is 11.1. The Balaban J connectivity index is 2.68. The fourth-order valence-corrected chi connectivity index (χ4v) is 1.77. The molecule has 0 radical (unpaired) electrons. The minimum absolute atomic E-state index is 0.211. The zero-order valence-electron chi connectivity index (χ0n) is 8.10. The van der Waals surface area contributed by atoms with E-state index in [1.54, 1.807) is 24.4 Å². The summed E-state index contributed by atoms with van der Waals surface area (Å²) in [7, 11) is 0. The second kappa shape index (κ2) is 5.35. The van der Waals surface area contributed by atoms with Crippen LogP contribution in [0.3, 0.4) is 0 Å². The number of hydrogen-bond acceptors (Lipinski definition) is 4. The zero-order valence-corrected chi connectivity index (χ0v) is 8.91. The maximum absolute atomic E-state index is 11.1. The van der Waals surface area contributed by atoms with Crippen molar-refractivity contribution in [1.29, 1.82) is 0 Å². The largest absolute Gasteiger partial charge is 0.479 e. The van der Waals surface area contributed by atoms with E-state index in [2.05, 4.69) is 10.1 Å². The molecule has 0 aliphatic rings. The SMILES string of the molecule is CCOC(=O)NC(C(=O)O)c1cccs1. The molecule has 2 N–H and O–H groups in total. The molecule has 1 amide bonds. The van der Waals surface area contributed by atoms with Crippen molar-refractivity contribution in [2.45, 2.75) is 13.0 Å². The number of carboxylic acids is 1. The fraction of sp³-hybridized carbons (Fsp3) is 0.333. The molecule has 6 heteroatoms. The van der Waals surface area contributed by atoms with Crippen molar-refractivity contribution in [3.63, 3.8) is 0 Å². The first-order valence-electron chi connectivity index (χ1n) is 4.34. The van der Waals surface area contributed by atoms with Gasteiger partial charge in [-0.25, -0.2) is 9.59 Å². The topological polar surface area (TPSA) is 75.6 Å². The van der Waals surface area contributed by atoms with Gasteiger partial charge in [0.15, 0.2) is 6.04 Å². The molecule has 1 atom stereocenters. The van der Waals surface area contributed by atoms with Crippen LogP contribution in [0.25, 0.3) is 0 Å². The van der Waals surface area contributed by atoms with Gasteiger partial charge >= 0.3 is 12.1 Å². The van der Waals surface area contributed by atoms with E-state index < -0.39 is 18.1 Å². The molecule has 1 heterocycles. The lowest BCUT2D eigenvalue weighted by Crippen LogP contribution is -2.33. The van der Waals surface area contributed by atoms with Crippen LogP contribution < -0.4 is 5.32 Å². The van der Waals surface area contributed by atoms with Gasteiger partial charge in [-0.2, -0.15) is 0 Å². The Morgan fingerprint density at radius 3 is 2.87 bits per heavy atom. The van der Waals surface area contributed by atoms with Crippen LogP contribution in [0.5, 0.6) is 0 Å². The Morgan fingerprint density at radius 1 is 1.67 bits per heavy atom. The van der Waals surface area contributed by atoms with Gasteiger partial charge < -0.3 is 15.2 Å². The summed E-state index contributed by atoms with van der Waals surface area (Å²) >= 11 is 1.27. The summed E-state index contributed by atoms with van der Waals surface area (Å²) in [6, 6.07) is 2.34. The molecule has 5 nitrogen and oxygen atoms in total. The molecular weight excluding hydrogens is 218 g/mol. The molecule has 0 saturated heterocycles. The second-order valence-electron chi connectivity index (χ2n) is 2.65. The molecule has 1 rings (SSSR count). The normalized spacial score (nSPS) is 11.8. The Morgan fingerprint density at radius 2 is 2.40 bits per heavy atom. The minimum Gasteiger partial charge on any atom is -0.479 e. The van der Waals surface area contributed by atoms with Crippen molar-refractivity contribution in [1.82, 2.24) is 5.32 Å². The minimum atomic E-state index is -1.11. The van der Waals surface area contributed by atoms with Crippen LogP contribution in [0, 0.1) is 0 Å². The van der Waals surface area contributed by atoms with E-state index in [0.29, 0.717) is 4.88 Å². The summed E-state index contributed by atoms with van der Waals surface area (Å²) in [6.07, 6.45) is -0.724. The Bertz CT molecular complexity index is 336. The number of rotatable bonds is 4. The van der Waals surface area contributed by atoms with Crippen molar-refractivity contribution < 1.29 is 19.4 Å². The first-order chi connectivity index (χ1) is 7.15. The average Bonchev–Trinajstić information content (AvgIpc) is 2.66. The highest BCUT2D eigenvalue weighted by molar-refractivity contribution is 7.10. The summed E-state index contributed by atoms with van der Waals surface area (Å²) < 4.78 is 4.61. The third kappa shape index (κ3) is 3.25. The highest BCUT2D eigenvalue weighted by atomic mass is 32.1. The van der Waals surface area contributed by atoms with E-state index in [9.17, 15) is 9.59 Å². The van der Waals surface area contributed by atoms with Crippen LogP contribution in [-0.2, 0) is 9.53 Å². The van der Waals surface area contributed by atoms with Crippen LogP contribution in [0.15, 0.2) is 17.5 Å². The number of aliphatic carboxylic acids is 1. The first kappa shape index (κ1) is 11.5. The predicted octanol–water partition coefficient (Wildman–Crippen LogP) is 1.62. The molecule has 1 aromatic heterocycles. The molecule has 15 heavy (non-hydrogen) atoms. The molecular formula is C9H11NO4S. The number of carbonyl (C=O) groups is 2. The van der Waals surface area contributed by atoms with E-state index in [4.69, 9.17) is 5.11 Å². The van der Waals surface area contributed by atoms with E-state index in [0.717, 1.165) is 0 Å². The predicted molar refractivity (Wildman–Crippen MR) is 54.9 cm³/mol. The number of thiophene rings is 1. The Labute approximate surface area is 90.7 Å². The lowest BCUT2D eigenvalue weighted by Gasteiger charge is -2.12. The van der Waals surface area contributed by atoms with Crippen LogP contribution in [0.2, 0.25) is 0 Å². The summed E-state index contributed by atoms with van der Waals surface area (Å²) in [4.78, 5) is 22.5. The van der Waals surface area contributed by atoms with Crippen LogP contribution in [0.1, 0.15) is 17.8 Å². The molecule has 82 valence electrons. The van der Waals surface area contributed by atoms with Crippen LogP contribution in [-0.4, -0.2) is 23.8 Å².